The molecule has 0 radical (unpaired) electrons. The summed E-state index contributed by atoms with van der Waals surface area (Å²) >= 11 is 0. The van der Waals surface area contributed by atoms with Crippen molar-refractivity contribution >= 4 is 5.97 Å². The van der Waals surface area contributed by atoms with Crippen LogP contribution in [0.3, 0.4) is 0 Å². The highest BCUT2D eigenvalue weighted by Gasteiger charge is 2.07. The smallest absolute Gasteiger partial charge is 0.338 e. The molecule has 90 valence electrons. The first-order valence-electron chi connectivity index (χ1n) is 5.15. The average molecular weight is 235 g/mol. The monoisotopic (exact) mass is 235 g/mol. The SMILES string of the molecule is Cn1nccc1CNCc1cc(C(=O)O)co1. The van der Waals surface area contributed by atoms with Crippen molar-refractivity contribution < 1.29 is 14.3 Å². The predicted molar refractivity (Wildman–Crippen MR) is 59.4 cm³/mol. The molecule has 0 atom stereocenters. The number of rotatable bonds is 5. The van der Waals surface area contributed by atoms with Crippen molar-refractivity contribution in [2.75, 3.05) is 0 Å². The lowest BCUT2D eigenvalue weighted by atomic mass is 10.3. The Morgan fingerprint density at radius 1 is 1.59 bits per heavy atom. The summed E-state index contributed by atoms with van der Waals surface area (Å²) in [5.74, 6) is -0.379. The maximum Gasteiger partial charge on any atom is 0.338 e. The number of aromatic carboxylic acids is 1. The topological polar surface area (TPSA) is 80.3 Å². The van der Waals surface area contributed by atoms with E-state index < -0.39 is 5.97 Å². The molecule has 2 aromatic rings. The number of carboxylic acids is 1. The quantitative estimate of drug-likeness (QED) is 0.808. The molecule has 2 aromatic heterocycles. The van der Waals surface area contributed by atoms with E-state index in [0.717, 1.165) is 5.69 Å². The van der Waals surface area contributed by atoms with E-state index in [2.05, 4.69) is 10.4 Å². The minimum Gasteiger partial charge on any atom is -0.478 e. The number of aromatic nitrogens is 2. The molecule has 0 fully saturated rings. The molecule has 0 aliphatic rings. The lowest BCUT2D eigenvalue weighted by Gasteiger charge is -2.02. The second-order valence-electron chi connectivity index (χ2n) is 3.66. The van der Waals surface area contributed by atoms with Gasteiger partial charge >= 0.3 is 5.97 Å². The molecule has 0 aliphatic heterocycles. The Labute approximate surface area is 97.9 Å². The summed E-state index contributed by atoms with van der Waals surface area (Å²) < 4.78 is 6.89. The summed E-state index contributed by atoms with van der Waals surface area (Å²) in [6.07, 6.45) is 2.97. The number of nitrogens with one attached hydrogen (secondary N) is 1. The van der Waals surface area contributed by atoms with E-state index in [0.29, 0.717) is 18.8 Å². The number of aryl methyl sites for hydroxylation is 1. The van der Waals surface area contributed by atoms with Crippen molar-refractivity contribution in [2.24, 2.45) is 7.05 Å². The molecule has 2 heterocycles. The van der Waals surface area contributed by atoms with Gasteiger partial charge < -0.3 is 14.8 Å². The van der Waals surface area contributed by atoms with Crippen LogP contribution in [0.1, 0.15) is 21.8 Å². The van der Waals surface area contributed by atoms with Crippen molar-refractivity contribution in [3.63, 3.8) is 0 Å². The lowest BCUT2D eigenvalue weighted by Crippen LogP contribution is -2.14. The molecule has 0 bridgehead atoms. The molecule has 0 unspecified atom stereocenters. The summed E-state index contributed by atoms with van der Waals surface area (Å²) in [6.45, 7) is 1.14. The van der Waals surface area contributed by atoms with E-state index in [-0.39, 0.29) is 5.56 Å². The van der Waals surface area contributed by atoms with Crippen molar-refractivity contribution in [2.45, 2.75) is 13.1 Å². The Hall–Kier alpha value is -2.08. The van der Waals surface area contributed by atoms with Gasteiger partial charge in [0.15, 0.2) is 0 Å². The fraction of sp³-hybridized carbons (Fsp3) is 0.273. The third-order valence-electron chi connectivity index (χ3n) is 2.43. The zero-order chi connectivity index (χ0) is 12.3. The molecular weight excluding hydrogens is 222 g/mol. The van der Waals surface area contributed by atoms with E-state index in [1.807, 2.05) is 13.1 Å². The second kappa shape index (κ2) is 4.84. The fourth-order valence-corrected chi connectivity index (χ4v) is 1.47. The van der Waals surface area contributed by atoms with Gasteiger partial charge in [-0.15, -0.1) is 0 Å². The van der Waals surface area contributed by atoms with E-state index in [1.165, 1.54) is 12.3 Å². The average Bonchev–Trinajstić information content (AvgIpc) is 2.89. The normalized spacial score (nSPS) is 10.6. The van der Waals surface area contributed by atoms with Crippen LogP contribution >= 0.6 is 0 Å². The summed E-state index contributed by atoms with van der Waals surface area (Å²) in [5, 5.41) is 15.9. The van der Waals surface area contributed by atoms with Crippen molar-refractivity contribution in [3.8, 4) is 0 Å². The van der Waals surface area contributed by atoms with Crippen LogP contribution in [0.15, 0.2) is 29.0 Å². The van der Waals surface area contributed by atoms with Crippen LogP contribution in [-0.2, 0) is 20.1 Å². The van der Waals surface area contributed by atoms with Gasteiger partial charge in [-0.3, -0.25) is 4.68 Å². The standard InChI is InChI=1S/C11H13N3O3/c1-14-9(2-3-13-14)5-12-6-10-4-8(7-17-10)11(15)16/h2-4,7,12H,5-6H2,1H3,(H,15,16). The van der Waals surface area contributed by atoms with Crippen LogP contribution in [0.4, 0.5) is 0 Å². The van der Waals surface area contributed by atoms with Crippen LogP contribution in [-0.4, -0.2) is 20.9 Å². The molecular formula is C11H13N3O3. The molecule has 6 nitrogen and oxygen atoms in total. The largest absolute Gasteiger partial charge is 0.478 e. The summed E-state index contributed by atoms with van der Waals surface area (Å²) in [6, 6.07) is 3.43. The highest BCUT2D eigenvalue weighted by Crippen LogP contribution is 2.07. The van der Waals surface area contributed by atoms with Gasteiger partial charge in [0, 0.05) is 19.8 Å². The second-order valence-corrected chi connectivity index (χ2v) is 3.66. The number of hydrogen-bond acceptors (Lipinski definition) is 4. The zero-order valence-corrected chi connectivity index (χ0v) is 9.38. The summed E-state index contributed by atoms with van der Waals surface area (Å²) in [5.41, 5.74) is 1.22. The van der Waals surface area contributed by atoms with E-state index in [1.54, 1.807) is 10.9 Å². The van der Waals surface area contributed by atoms with E-state index in [9.17, 15) is 4.79 Å². The van der Waals surface area contributed by atoms with Crippen molar-refractivity contribution in [1.82, 2.24) is 15.1 Å². The fourth-order valence-electron chi connectivity index (χ4n) is 1.47. The number of carboxylic acid groups (broad SMARTS) is 1. The molecule has 0 amide bonds. The summed E-state index contributed by atoms with van der Waals surface area (Å²) in [4.78, 5) is 10.6. The van der Waals surface area contributed by atoms with Crippen LogP contribution < -0.4 is 5.32 Å². The first-order chi connectivity index (χ1) is 8.16. The third-order valence-corrected chi connectivity index (χ3v) is 2.43. The number of carbonyl (C=O) groups is 1. The highest BCUT2D eigenvalue weighted by atomic mass is 16.4. The predicted octanol–water partition coefficient (Wildman–Crippen LogP) is 1.00. The van der Waals surface area contributed by atoms with E-state index in [4.69, 9.17) is 9.52 Å². The van der Waals surface area contributed by atoms with Gasteiger partial charge in [0.05, 0.1) is 17.8 Å². The van der Waals surface area contributed by atoms with Crippen LogP contribution in [0.25, 0.3) is 0 Å². The maximum atomic E-state index is 10.6. The molecule has 6 heteroatoms. The van der Waals surface area contributed by atoms with E-state index >= 15 is 0 Å². The Balaban J connectivity index is 1.86. The van der Waals surface area contributed by atoms with Gasteiger partial charge in [0.2, 0.25) is 0 Å². The first kappa shape index (κ1) is 11.4. The molecule has 17 heavy (non-hydrogen) atoms. The lowest BCUT2D eigenvalue weighted by molar-refractivity contribution is 0.0696. The minimum atomic E-state index is -0.980. The Morgan fingerprint density at radius 3 is 3.00 bits per heavy atom. The molecule has 2 N–H and O–H groups in total. The van der Waals surface area contributed by atoms with Gasteiger partial charge in [0.25, 0.3) is 0 Å². The Kier molecular flexibility index (Phi) is 3.24. The van der Waals surface area contributed by atoms with Crippen LogP contribution in [0.5, 0.6) is 0 Å². The van der Waals surface area contributed by atoms with Crippen molar-refractivity contribution in [1.29, 1.82) is 0 Å². The minimum absolute atomic E-state index is 0.169. The number of hydrogen-bond donors (Lipinski definition) is 2. The molecule has 2 rings (SSSR count). The van der Waals surface area contributed by atoms with Gasteiger partial charge in [-0.05, 0) is 12.1 Å². The summed E-state index contributed by atoms with van der Waals surface area (Å²) in [7, 11) is 1.87. The number of furan rings is 1. The zero-order valence-electron chi connectivity index (χ0n) is 9.38. The van der Waals surface area contributed by atoms with Gasteiger partial charge in [-0.25, -0.2) is 4.79 Å². The molecule has 0 saturated carbocycles. The van der Waals surface area contributed by atoms with Crippen molar-refractivity contribution in [3.05, 3.63) is 41.6 Å². The van der Waals surface area contributed by atoms with Gasteiger partial charge in [-0.1, -0.05) is 0 Å². The molecule has 0 aromatic carbocycles. The molecule has 0 aliphatic carbocycles. The van der Waals surface area contributed by atoms with Gasteiger partial charge in [-0.2, -0.15) is 5.10 Å². The number of nitrogens with zero attached hydrogens (tertiary/aromatic N) is 2. The van der Waals surface area contributed by atoms with Crippen LogP contribution in [0.2, 0.25) is 0 Å². The first-order valence-corrected chi connectivity index (χ1v) is 5.15. The van der Waals surface area contributed by atoms with Gasteiger partial charge in [0.1, 0.15) is 12.0 Å². The van der Waals surface area contributed by atoms with Crippen LogP contribution in [0, 0.1) is 0 Å². The Bertz CT molecular complexity index is 516. The Morgan fingerprint density at radius 2 is 2.41 bits per heavy atom. The molecule has 0 saturated heterocycles. The third kappa shape index (κ3) is 2.73. The highest BCUT2D eigenvalue weighted by molar-refractivity contribution is 5.87. The molecule has 0 spiro atoms. The maximum absolute atomic E-state index is 10.6.